The molecule has 1 atom stereocenters. The number of halogens is 1. The average molecular weight is 297 g/mol. The molecule has 1 saturated heterocycles. The van der Waals surface area contributed by atoms with E-state index in [1.165, 1.54) is 15.7 Å². The Morgan fingerprint density at radius 1 is 1.56 bits per heavy atom. The van der Waals surface area contributed by atoms with Crippen molar-refractivity contribution in [2.45, 2.75) is 19.8 Å². The summed E-state index contributed by atoms with van der Waals surface area (Å²) in [7, 11) is -1.93. The first-order valence-electron chi connectivity index (χ1n) is 5.64. The molecule has 1 rings (SSSR count). The Morgan fingerprint density at radius 2 is 2.17 bits per heavy atom. The maximum Gasteiger partial charge on any atom is 0.281 e. The van der Waals surface area contributed by atoms with Crippen molar-refractivity contribution >= 4 is 22.6 Å². The number of hydrogen-bond acceptors (Lipinski definition) is 4. The smallest absolute Gasteiger partial charge is 0.281 e. The third-order valence-electron chi connectivity index (χ3n) is 3.27. The summed E-state index contributed by atoms with van der Waals surface area (Å²) in [6, 6.07) is 1.94. The Hall–Kier alpha value is -0.390. The Morgan fingerprint density at radius 3 is 2.61 bits per heavy atom. The molecule has 1 unspecified atom stereocenters. The summed E-state index contributed by atoms with van der Waals surface area (Å²) in [6.07, 6.45) is 0.993. The van der Waals surface area contributed by atoms with Crippen molar-refractivity contribution in [1.82, 2.24) is 8.61 Å². The fourth-order valence-electron chi connectivity index (χ4n) is 1.86. The Bertz CT molecular complexity index is 409. The fourth-order valence-corrected chi connectivity index (χ4v) is 3.38. The molecule has 0 aliphatic carbocycles. The highest BCUT2D eigenvalue weighted by Crippen LogP contribution is 2.30. The lowest BCUT2D eigenvalue weighted by molar-refractivity contribution is 0.335. The van der Waals surface area contributed by atoms with E-state index in [1.807, 2.05) is 13.0 Å². The Kier molecular flexibility index (Phi) is 6.54. The summed E-state index contributed by atoms with van der Waals surface area (Å²) in [4.78, 5) is 0. The van der Waals surface area contributed by atoms with E-state index >= 15 is 0 Å². The SMILES string of the molecule is CN(CCC#N)S(=O)(=O)N1CCC(C)(CN)C1.Cl. The van der Waals surface area contributed by atoms with E-state index < -0.39 is 10.2 Å². The van der Waals surface area contributed by atoms with E-state index in [9.17, 15) is 8.42 Å². The van der Waals surface area contributed by atoms with Crippen molar-refractivity contribution in [3.63, 3.8) is 0 Å². The zero-order valence-electron chi connectivity index (χ0n) is 10.8. The number of hydrogen-bond donors (Lipinski definition) is 1. The van der Waals surface area contributed by atoms with Crippen molar-refractivity contribution in [2.24, 2.45) is 11.1 Å². The van der Waals surface area contributed by atoms with E-state index in [0.717, 1.165) is 6.42 Å². The van der Waals surface area contributed by atoms with Crippen LogP contribution < -0.4 is 5.73 Å². The molecule has 1 aliphatic rings. The molecule has 0 aromatic carbocycles. The van der Waals surface area contributed by atoms with Crippen LogP contribution in [0.3, 0.4) is 0 Å². The zero-order valence-corrected chi connectivity index (χ0v) is 12.4. The van der Waals surface area contributed by atoms with Crippen LogP contribution in [-0.2, 0) is 10.2 Å². The van der Waals surface area contributed by atoms with Crippen LogP contribution in [0, 0.1) is 16.7 Å². The molecule has 18 heavy (non-hydrogen) atoms. The summed E-state index contributed by atoms with van der Waals surface area (Å²) >= 11 is 0. The van der Waals surface area contributed by atoms with Crippen molar-refractivity contribution in [3.05, 3.63) is 0 Å². The topological polar surface area (TPSA) is 90.4 Å². The summed E-state index contributed by atoms with van der Waals surface area (Å²) in [5, 5.41) is 8.47. The lowest BCUT2D eigenvalue weighted by Crippen LogP contribution is -2.42. The van der Waals surface area contributed by atoms with Crippen LogP contribution in [0.2, 0.25) is 0 Å². The molecule has 1 heterocycles. The van der Waals surface area contributed by atoms with E-state index in [0.29, 0.717) is 19.6 Å². The summed E-state index contributed by atoms with van der Waals surface area (Å²) in [5.74, 6) is 0. The van der Waals surface area contributed by atoms with Crippen LogP contribution in [0.25, 0.3) is 0 Å². The van der Waals surface area contributed by atoms with Gasteiger partial charge in [-0.3, -0.25) is 0 Å². The Balaban J connectivity index is 0.00000289. The molecule has 0 aromatic heterocycles. The molecule has 8 heteroatoms. The molecule has 0 spiro atoms. The second kappa shape index (κ2) is 6.68. The van der Waals surface area contributed by atoms with E-state index in [-0.39, 0.29) is 30.8 Å². The third-order valence-corrected chi connectivity index (χ3v) is 5.21. The van der Waals surface area contributed by atoms with Crippen LogP contribution in [0.5, 0.6) is 0 Å². The predicted molar refractivity (Wildman–Crippen MR) is 72.4 cm³/mol. The minimum Gasteiger partial charge on any atom is -0.330 e. The van der Waals surface area contributed by atoms with Gasteiger partial charge in [0.2, 0.25) is 0 Å². The van der Waals surface area contributed by atoms with Gasteiger partial charge in [-0.15, -0.1) is 12.4 Å². The highest BCUT2D eigenvalue weighted by molar-refractivity contribution is 7.86. The number of nitrogens with two attached hydrogens (primary N) is 1. The van der Waals surface area contributed by atoms with Gasteiger partial charge in [-0.2, -0.15) is 22.3 Å². The third kappa shape index (κ3) is 3.80. The first-order chi connectivity index (χ1) is 7.85. The number of rotatable bonds is 5. The molecule has 6 nitrogen and oxygen atoms in total. The molecule has 1 fully saturated rings. The quantitative estimate of drug-likeness (QED) is 0.783. The van der Waals surface area contributed by atoms with Gasteiger partial charge < -0.3 is 5.73 Å². The summed E-state index contributed by atoms with van der Waals surface area (Å²) < 4.78 is 27.0. The number of nitrogens with zero attached hydrogens (tertiary/aromatic N) is 3. The molecule has 0 radical (unpaired) electrons. The van der Waals surface area contributed by atoms with Gasteiger partial charge in [0.25, 0.3) is 10.2 Å². The van der Waals surface area contributed by atoms with Gasteiger partial charge in [-0.1, -0.05) is 6.92 Å². The molecular formula is C10H21ClN4O2S. The van der Waals surface area contributed by atoms with Gasteiger partial charge in [-0.05, 0) is 18.4 Å². The second-order valence-corrected chi connectivity index (χ2v) is 6.87. The lowest BCUT2D eigenvalue weighted by atomic mass is 9.90. The molecule has 0 amide bonds. The minimum absolute atomic E-state index is 0. The predicted octanol–water partition coefficient (Wildman–Crippen LogP) is 0.169. The van der Waals surface area contributed by atoms with E-state index in [2.05, 4.69) is 0 Å². The van der Waals surface area contributed by atoms with E-state index in [4.69, 9.17) is 11.0 Å². The van der Waals surface area contributed by atoms with Gasteiger partial charge >= 0.3 is 0 Å². The summed E-state index contributed by atoms with van der Waals surface area (Å²) in [6.45, 7) is 3.68. The molecule has 1 aliphatic heterocycles. The average Bonchev–Trinajstić information content (AvgIpc) is 2.70. The maximum atomic E-state index is 12.1. The van der Waals surface area contributed by atoms with Crippen LogP contribution in [0.15, 0.2) is 0 Å². The second-order valence-electron chi connectivity index (χ2n) is 4.84. The van der Waals surface area contributed by atoms with Crippen molar-refractivity contribution in [2.75, 3.05) is 33.2 Å². The van der Waals surface area contributed by atoms with E-state index in [1.54, 1.807) is 0 Å². The highest BCUT2D eigenvalue weighted by atomic mass is 35.5. The standard InChI is InChI=1S/C10H20N4O2S.ClH/c1-10(8-12)4-7-14(9-10)17(15,16)13(2)6-3-5-11;/h3-4,6-9,12H2,1-2H3;1H. The number of nitriles is 1. The van der Waals surface area contributed by atoms with Crippen LogP contribution in [0.4, 0.5) is 0 Å². The molecular weight excluding hydrogens is 276 g/mol. The van der Waals surface area contributed by atoms with Gasteiger partial charge in [0.05, 0.1) is 6.07 Å². The van der Waals surface area contributed by atoms with Gasteiger partial charge in [0.15, 0.2) is 0 Å². The normalized spacial score (nSPS) is 24.8. The monoisotopic (exact) mass is 296 g/mol. The largest absolute Gasteiger partial charge is 0.330 e. The molecule has 106 valence electrons. The molecule has 0 saturated carbocycles. The summed E-state index contributed by atoms with van der Waals surface area (Å²) in [5.41, 5.74) is 5.53. The maximum absolute atomic E-state index is 12.1. The zero-order chi connectivity index (χ0) is 13.1. The van der Waals surface area contributed by atoms with Crippen LogP contribution in [-0.4, -0.2) is 50.3 Å². The lowest BCUT2D eigenvalue weighted by Gasteiger charge is -2.25. The van der Waals surface area contributed by atoms with Gasteiger partial charge in [0.1, 0.15) is 0 Å². The molecule has 0 aromatic rings. The first-order valence-corrected chi connectivity index (χ1v) is 7.04. The van der Waals surface area contributed by atoms with Crippen LogP contribution in [0.1, 0.15) is 19.8 Å². The molecule has 2 N–H and O–H groups in total. The highest BCUT2D eigenvalue weighted by Gasteiger charge is 2.39. The van der Waals surface area contributed by atoms with Gasteiger partial charge in [0, 0.05) is 33.1 Å². The van der Waals surface area contributed by atoms with Gasteiger partial charge in [-0.25, -0.2) is 0 Å². The Labute approximate surface area is 115 Å². The minimum atomic E-state index is -3.43. The fraction of sp³-hybridized carbons (Fsp3) is 0.900. The van der Waals surface area contributed by atoms with Crippen LogP contribution >= 0.6 is 12.4 Å². The van der Waals surface area contributed by atoms with Crippen molar-refractivity contribution in [3.8, 4) is 6.07 Å². The van der Waals surface area contributed by atoms with Crippen molar-refractivity contribution < 1.29 is 8.42 Å². The molecule has 0 bridgehead atoms. The van der Waals surface area contributed by atoms with Crippen molar-refractivity contribution in [1.29, 1.82) is 5.26 Å². The first kappa shape index (κ1) is 17.6.